The van der Waals surface area contributed by atoms with E-state index in [1.54, 1.807) is 12.1 Å². The molecule has 2 aromatic carbocycles. The zero-order valence-electron chi connectivity index (χ0n) is 13.4. The fourth-order valence-electron chi connectivity index (χ4n) is 2.29. The molecule has 1 aromatic heterocycles. The number of oxazole rings is 1. The van der Waals surface area contributed by atoms with Crippen LogP contribution in [0.25, 0.3) is 0 Å². The first kappa shape index (κ1) is 16.9. The van der Waals surface area contributed by atoms with Crippen molar-refractivity contribution < 1.29 is 9.15 Å². The van der Waals surface area contributed by atoms with Crippen LogP contribution in [-0.2, 0) is 13.0 Å². The standard InChI is InChI=1S/C19H16ClN3O2/c20-15-8-4-5-9-17(15)24-13-18-23-16(12-21)19(25-18)22-11-10-14-6-2-1-3-7-14/h1-9,22H,10-11,13H2. The van der Waals surface area contributed by atoms with E-state index in [2.05, 4.69) is 22.4 Å². The van der Waals surface area contributed by atoms with Crippen molar-refractivity contribution in [3.63, 3.8) is 0 Å². The van der Waals surface area contributed by atoms with E-state index in [4.69, 9.17) is 20.8 Å². The molecule has 5 nitrogen and oxygen atoms in total. The SMILES string of the molecule is N#Cc1nc(COc2ccccc2Cl)oc1NCCc1ccccc1. The number of para-hydroxylation sites is 1. The lowest BCUT2D eigenvalue weighted by molar-refractivity contribution is 0.265. The second kappa shape index (κ2) is 8.22. The van der Waals surface area contributed by atoms with Crippen molar-refractivity contribution in [2.75, 3.05) is 11.9 Å². The van der Waals surface area contributed by atoms with Crippen LogP contribution in [0.5, 0.6) is 5.75 Å². The number of benzene rings is 2. The number of nitriles is 1. The number of nitrogens with zero attached hydrogens (tertiary/aromatic N) is 2. The normalized spacial score (nSPS) is 10.2. The van der Waals surface area contributed by atoms with E-state index in [0.717, 1.165) is 6.42 Å². The molecule has 0 saturated carbocycles. The summed E-state index contributed by atoms with van der Waals surface area (Å²) >= 11 is 6.04. The summed E-state index contributed by atoms with van der Waals surface area (Å²) in [5, 5.41) is 12.8. The van der Waals surface area contributed by atoms with E-state index >= 15 is 0 Å². The minimum Gasteiger partial charge on any atom is -0.482 e. The van der Waals surface area contributed by atoms with Crippen molar-refractivity contribution in [3.05, 3.63) is 76.8 Å². The predicted octanol–water partition coefficient (Wildman–Crippen LogP) is 4.43. The molecule has 0 spiro atoms. The summed E-state index contributed by atoms with van der Waals surface area (Å²) in [4.78, 5) is 4.14. The lowest BCUT2D eigenvalue weighted by atomic mass is 10.1. The number of rotatable bonds is 7. The first-order valence-corrected chi connectivity index (χ1v) is 8.19. The van der Waals surface area contributed by atoms with Crippen LogP contribution in [0.2, 0.25) is 5.02 Å². The number of halogens is 1. The van der Waals surface area contributed by atoms with Gasteiger partial charge in [-0.25, -0.2) is 0 Å². The van der Waals surface area contributed by atoms with Gasteiger partial charge in [-0.2, -0.15) is 10.2 Å². The third kappa shape index (κ3) is 4.52. The number of hydrogen-bond acceptors (Lipinski definition) is 5. The van der Waals surface area contributed by atoms with E-state index in [1.165, 1.54) is 5.56 Å². The molecule has 25 heavy (non-hydrogen) atoms. The molecule has 3 rings (SSSR count). The molecule has 0 fully saturated rings. The van der Waals surface area contributed by atoms with Crippen molar-refractivity contribution in [3.8, 4) is 11.8 Å². The van der Waals surface area contributed by atoms with Crippen LogP contribution in [0.3, 0.4) is 0 Å². The van der Waals surface area contributed by atoms with Gasteiger partial charge in [-0.15, -0.1) is 0 Å². The van der Waals surface area contributed by atoms with E-state index in [1.807, 2.05) is 36.4 Å². The maximum atomic E-state index is 9.20. The molecule has 0 aliphatic carbocycles. The Labute approximate surface area is 150 Å². The highest BCUT2D eigenvalue weighted by atomic mass is 35.5. The van der Waals surface area contributed by atoms with Gasteiger partial charge in [0.1, 0.15) is 11.8 Å². The minimum atomic E-state index is 0.0960. The van der Waals surface area contributed by atoms with Gasteiger partial charge in [0.2, 0.25) is 17.5 Å². The van der Waals surface area contributed by atoms with E-state index < -0.39 is 0 Å². The van der Waals surface area contributed by atoms with Crippen LogP contribution in [0.4, 0.5) is 5.88 Å². The molecule has 1 heterocycles. The maximum Gasteiger partial charge on any atom is 0.236 e. The minimum absolute atomic E-state index is 0.0960. The topological polar surface area (TPSA) is 71.1 Å². The summed E-state index contributed by atoms with van der Waals surface area (Å²) in [5.74, 6) is 1.22. The lowest BCUT2D eigenvalue weighted by Crippen LogP contribution is -2.05. The van der Waals surface area contributed by atoms with Gasteiger partial charge in [0.05, 0.1) is 5.02 Å². The largest absolute Gasteiger partial charge is 0.482 e. The molecule has 1 N–H and O–H groups in total. The lowest BCUT2D eigenvalue weighted by Gasteiger charge is -2.05. The smallest absolute Gasteiger partial charge is 0.236 e. The maximum absolute atomic E-state index is 9.20. The van der Waals surface area contributed by atoms with Gasteiger partial charge in [0.25, 0.3) is 0 Å². The zero-order chi connectivity index (χ0) is 17.5. The zero-order valence-corrected chi connectivity index (χ0v) is 14.2. The van der Waals surface area contributed by atoms with Gasteiger partial charge in [-0.05, 0) is 24.1 Å². The molecular formula is C19H16ClN3O2. The number of hydrogen-bond donors (Lipinski definition) is 1. The van der Waals surface area contributed by atoms with Crippen molar-refractivity contribution >= 4 is 17.5 Å². The molecule has 0 aliphatic rings. The van der Waals surface area contributed by atoms with E-state index in [9.17, 15) is 5.26 Å². The summed E-state index contributed by atoms with van der Waals surface area (Å²) in [6.45, 7) is 0.734. The van der Waals surface area contributed by atoms with Gasteiger partial charge in [-0.1, -0.05) is 54.1 Å². The second-order valence-electron chi connectivity index (χ2n) is 5.28. The first-order valence-electron chi connectivity index (χ1n) is 7.81. The van der Waals surface area contributed by atoms with Gasteiger partial charge in [0, 0.05) is 6.54 Å². The van der Waals surface area contributed by atoms with Crippen LogP contribution in [0, 0.1) is 11.3 Å². The monoisotopic (exact) mass is 353 g/mol. The summed E-state index contributed by atoms with van der Waals surface area (Å²) in [7, 11) is 0. The fourth-order valence-corrected chi connectivity index (χ4v) is 2.48. The van der Waals surface area contributed by atoms with Crippen molar-refractivity contribution in [1.29, 1.82) is 5.26 Å². The summed E-state index contributed by atoms with van der Waals surface area (Å²) in [6, 6.07) is 19.2. The number of aromatic nitrogens is 1. The summed E-state index contributed by atoms with van der Waals surface area (Å²) in [6.07, 6.45) is 0.817. The molecule has 0 saturated heterocycles. The Morgan fingerprint density at radius 1 is 1.12 bits per heavy atom. The molecule has 0 unspecified atom stereocenters. The molecule has 126 valence electrons. The average molecular weight is 354 g/mol. The van der Waals surface area contributed by atoms with Crippen molar-refractivity contribution in [2.24, 2.45) is 0 Å². The third-order valence-corrected chi connectivity index (χ3v) is 3.82. The van der Waals surface area contributed by atoms with Crippen LogP contribution in [-0.4, -0.2) is 11.5 Å². The molecular weight excluding hydrogens is 338 g/mol. The molecule has 6 heteroatoms. The van der Waals surface area contributed by atoms with Crippen molar-refractivity contribution in [1.82, 2.24) is 4.98 Å². The molecule has 0 radical (unpaired) electrons. The number of ether oxygens (including phenoxy) is 1. The van der Waals surface area contributed by atoms with Crippen LogP contribution in [0.1, 0.15) is 17.1 Å². The van der Waals surface area contributed by atoms with Crippen LogP contribution >= 0.6 is 11.6 Å². The molecule has 0 amide bonds. The van der Waals surface area contributed by atoms with E-state index in [0.29, 0.717) is 29.1 Å². The van der Waals surface area contributed by atoms with E-state index in [-0.39, 0.29) is 12.3 Å². The van der Waals surface area contributed by atoms with Crippen molar-refractivity contribution in [2.45, 2.75) is 13.0 Å². The summed E-state index contributed by atoms with van der Waals surface area (Å²) < 4.78 is 11.2. The highest BCUT2D eigenvalue weighted by molar-refractivity contribution is 6.32. The average Bonchev–Trinajstić information content (AvgIpc) is 3.04. The fraction of sp³-hybridized carbons (Fsp3) is 0.158. The van der Waals surface area contributed by atoms with Gasteiger partial charge >= 0.3 is 0 Å². The highest BCUT2D eigenvalue weighted by Crippen LogP contribution is 2.25. The van der Waals surface area contributed by atoms with Crippen LogP contribution < -0.4 is 10.1 Å². The first-order chi connectivity index (χ1) is 12.3. The molecule has 3 aromatic rings. The number of nitrogens with one attached hydrogen (secondary N) is 1. The molecule has 0 atom stereocenters. The third-order valence-electron chi connectivity index (χ3n) is 3.51. The van der Waals surface area contributed by atoms with Gasteiger partial charge in [0.15, 0.2) is 6.61 Å². The van der Waals surface area contributed by atoms with Gasteiger partial charge in [-0.3, -0.25) is 0 Å². The Balaban J connectivity index is 1.59. The second-order valence-corrected chi connectivity index (χ2v) is 5.69. The Morgan fingerprint density at radius 3 is 2.64 bits per heavy atom. The predicted molar refractivity (Wildman–Crippen MR) is 95.6 cm³/mol. The Morgan fingerprint density at radius 2 is 1.88 bits per heavy atom. The van der Waals surface area contributed by atoms with Gasteiger partial charge < -0.3 is 14.5 Å². The Kier molecular flexibility index (Phi) is 5.55. The summed E-state index contributed by atoms with van der Waals surface area (Å²) in [5.41, 5.74) is 1.42. The molecule has 0 bridgehead atoms. The molecule has 0 aliphatic heterocycles. The Hall–Kier alpha value is -2.97. The quantitative estimate of drug-likeness (QED) is 0.680. The highest BCUT2D eigenvalue weighted by Gasteiger charge is 2.13. The number of anilines is 1. The van der Waals surface area contributed by atoms with Crippen LogP contribution in [0.15, 0.2) is 59.0 Å². The Bertz CT molecular complexity index is 872.